The van der Waals surface area contributed by atoms with Crippen molar-refractivity contribution in [3.8, 4) is 0 Å². The van der Waals surface area contributed by atoms with Crippen LogP contribution in [0.1, 0.15) is 52.4 Å². The molecule has 3 amide bonds. The summed E-state index contributed by atoms with van der Waals surface area (Å²) in [5.41, 5.74) is 1.15. The summed E-state index contributed by atoms with van der Waals surface area (Å²) in [6.45, 7) is 5.11. The van der Waals surface area contributed by atoms with E-state index in [1.165, 1.54) is 0 Å². The number of rotatable bonds is 12. The summed E-state index contributed by atoms with van der Waals surface area (Å²) in [6, 6.07) is 6.19. The van der Waals surface area contributed by atoms with Crippen molar-refractivity contribution in [1.29, 1.82) is 0 Å². The Kier molecular flexibility index (Phi) is 10.7. The first-order valence-electron chi connectivity index (χ1n) is 11.3. The van der Waals surface area contributed by atoms with Gasteiger partial charge in [-0.05, 0) is 31.0 Å². The standard InChI is InChI=1S/C23H34N4O5/c1-3-5-6-10-20(28)25-17-8-7-9-18(14-17)26-21(29)16-27-12-11-24-23(31)19(27)15-22(30)32-13-4-2/h7-9,14,19H,3-6,10-13,15-16H2,1-2H3,(H,24,31)(H,25,28)(H,26,29). The molecule has 9 nitrogen and oxygen atoms in total. The Balaban J connectivity index is 1.91. The van der Waals surface area contributed by atoms with Gasteiger partial charge in [-0.1, -0.05) is 32.8 Å². The van der Waals surface area contributed by atoms with E-state index in [9.17, 15) is 19.2 Å². The van der Waals surface area contributed by atoms with Crippen molar-refractivity contribution in [2.24, 2.45) is 0 Å². The second kappa shape index (κ2) is 13.5. The Hall–Kier alpha value is -2.94. The molecule has 0 saturated carbocycles. The maximum Gasteiger partial charge on any atom is 0.307 e. The minimum absolute atomic E-state index is 0.0350. The molecule has 1 aliphatic rings. The van der Waals surface area contributed by atoms with Gasteiger partial charge < -0.3 is 20.7 Å². The number of unbranched alkanes of at least 4 members (excludes halogenated alkanes) is 2. The van der Waals surface area contributed by atoms with E-state index in [0.717, 1.165) is 19.3 Å². The fourth-order valence-electron chi connectivity index (χ4n) is 3.42. The molecule has 2 rings (SSSR count). The van der Waals surface area contributed by atoms with E-state index in [2.05, 4.69) is 22.9 Å². The van der Waals surface area contributed by atoms with Crippen LogP contribution in [0.25, 0.3) is 0 Å². The average Bonchev–Trinajstić information content (AvgIpc) is 2.75. The number of nitrogens with one attached hydrogen (secondary N) is 3. The molecular weight excluding hydrogens is 412 g/mol. The van der Waals surface area contributed by atoms with E-state index < -0.39 is 12.0 Å². The van der Waals surface area contributed by atoms with Crippen LogP contribution < -0.4 is 16.0 Å². The molecule has 1 heterocycles. The summed E-state index contributed by atoms with van der Waals surface area (Å²) in [5.74, 6) is -1.11. The number of piperazine rings is 1. The van der Waals surface area contributed by atoms with Gasteiger partial charge in [0.25, 0.3) is 0 Å². The van der Waals surface area contributed by atoms with Gasteiger partial charge in [0.05, 0.1) is 19.6 Å². The van der Waals surface area contributed by atoms with E-state index in [-0.39, 0.29) is 30.7 Å². The Morgan fingerprint density at radius 2 is 1.81 bits per heavy atom. The van der Waals surface area contributed by atoms with Gasteiger partial charge in [-0.2, -0.15) is 0 Å². The summed E-state index contributed by atoms with van der Waals surface area (Å²) in [7, 11) is 0. The van der Waals surface area contributed by atoms with Crippen LogP contribution in [0, 0.1) is 0 Å². The number of esters is 1. The normalized spacial score (nSPS) is 16.2. The van der Waals surface area contributed by atoms with Gasteiger partial charge in [-0.3, -0.25) is 24.1 Å². The average molecular weight is 447 g/mol. The summed E-state index contributed by atoms with van der Waals surface area (Å²) in [5, 5.41) is 8.37. The van der Waals surface area contributed by atoms with Crippen molar-refractivity contribution in [1.82, 2.24) is 10.2 Å². The minimum atomic E-state index is -0.743. The number of anilines is 2. The quantitative estimate of drug-likeness (QED) is 0.335. The van der Waals surface area contributed by atoms with Crippen molar-refractivity contribution in [3.05, 3.63) is 24.3 Å². The number of amides is 3. The van der Waals surface area contributed by atoms with Crippen LogP contribution in [0.4, 0.5) is 11.4 Å². The van der Waals surface area contributed by atoms with Gasteiger partial charge in [0.15, 0.2) is 0 Å². The predicted molar refractivity (Wildman–Crippen MR) is 122 cm³/mol. The Morgan fingerprint density at radius 3 is 2.50 bits per heavy atom. The molecule has 0 aromatic heterocycles. The van der Waals surface area contributed by atoms with E-state index in [1.807, 2.05) is 6.92 Å². The molecule has 3 N–H and O–H groups in total. The minimum Gasteiger partial charge on any atom is -0.466 e. The number of nitrogens with zero attached hydrogens (tertiary/aromatic N) is 1. The van der Waals surface area contributed by atoms with E-state index in [1.54, 1.807) is 29.2 Å². The third-order valence-electron chi connectivity index (χ3n) is 5.05. The van der Waals surface area contributed by atoms with Crippen LogP contribution in [-0.2, 0) is 23.9 Å². The van der Waals surface area contributed by atoms with Gasteiger partial charge in [-0.25, -0.2) is 0 Å². The molecule has 0 bridgehead atoms. The molecule has 176 valence electrons. The van der Waals surface area contributed by atoms with Gasteiger partial charge >= 0.3 is 5.97 Å². The van der Waals surface area contributed by atoms with Crippen molar-refractivity contribution >= 4 is 35.1 Å². The summed E-state index contributed by atoms with van der Waals surface area (Å²) >= 11 is 0. The molecule has 0 spiro atoms. The monoisotopic (exact) mass is 446 g/mol. The highest BCUT2D eigenvalue weighted by molar-refractivity contribution is 5.95. The lowest BCUT2D eigenvalue weighted by Crippen LogP contribution is -2.57. The number of ether oxygens (including phenoxy) is 1. The molecule has 1 saturated heterocycles. The fraction of sp³-hybridized carbons (Fsp3) is 0.565. The van der Waals surface area contributed by atoms with E-state index >= 15 is 0 Å². The van der Waals surface area contributed by atoms with E-state index in [4.69, 9.17) is 4.74 Å². The van der Waals surface area contributed by atoms with Gasteiger partial charge in [-0.15, -0.1) is 0 Å². The maximum absolute atomic E-state index is 12.6. The molecule has 1 aliphatic heterocycles. The van der Waals surface area contributed by atoms with Crippen molar-refractivity contribution < 1.29 is 23.9 Å². The van der Waals surface area contributed by atoms with Crippen LogP contribution in [0.3, 0.4) is 0 Å². The largest absolute Gasteiger partial charge is 0.466 e. The van der Waals surface area contributed by atoms with Crippen molar-refractivity contribution in [2.45, 2.75) is 58.4 Å². The van der Waals surface area contributed by atoms with Crippen molar-refractivity contribution in [3.63, 3.8) is 0 Å². The third kappa shape index (κ3) is 8.66. The van der Waals surface area contributed by atoms with Crippen LogP contribution in [-0.4, -0.2) is 60.9 Å². The summed E-state index contributed by atoms with van der Waals surface area (Å²) in [4.78, 5) is 50.6. The highest BCUT2D eigenvalue weighted by Crippen LogP contribution is 2.17. The SMILES string of the molecule is CCCCCC(=O)Nc1cccc(NC(=O)CN2CCNC(=O)C2CC(=O)OCCC)c1. The predicted octanol–water partition coefficient (Wildman–Crippen LogP) is 2.29. The molecule has 1 fully saturated rings. The molecular formula is C23H34N4O5. The number of benzene rings is 1. The molecule has 1 atom stereocenters. The molecule has 1 unspecified atom stereocenters. The first-order chi connectivity index (χ1) is 15.4. The van der Waals surface area contributed by atoms with Crippen molar-refractivity contribution in [2.75, 3.05) is 36.9 Å². The Labute approximate surface area is 189 Å². The summed E-state index contributed by atoms with van der Waals surface area (Å²) in [6.07, 6.45) is 3.97. The van der Waals surface area contributed by atoms with Gasteiger partial charge in [0, 0.05) is 30.9 Å². The maximum atomic E-state index is 12.6. The van der Waals surface area contributed by atoms with Crippen LogP contribution >= 0.6 is 0 Å². The topological polar surface area (TPSA) is 117 Å². The number of carbonyl (C=O) groups is 4. The third-order valence-corrected chi connectivity index (χ3v) is 5.05. The zero-order valence-electron chi connectivity index (χ0n) is 18.9. The first-order valence-corrected chi connectivity index (χ1v) is 11.3. The first kappa shape index (κ1) is 25.3. The highest BCUT2D eigenvalue weighted by Gasteiger charge is 2.33. The smallest absolute Gasteiger partial charge is 0.307 e. The number of carbonyl (C=O) groups excluding carboxylic acids is 4. The second-order valence-corrected chi connectivity index (χ2v) is 7.84. The lowest BCUT2D eigenvalue weighted by atomic mass is 10.1. The Morgan fingerprint density at radius 1 is 1.09 bits per heavy atom. The number of hydrogen-bond acceptors (Lipinski definition) is 6. The number of hydrogen-bond donors (Lipinski definition) is 3. The lowest BCUT2D eigenvalue weighted by Gasteiger charge is -2.33. The molecule has 32 heavy (non-hydrogen) atoms. The van der Waals surface area contributed by atoms with E-state index in [0.29, 0.717) is 43.9 Å². The molecule has 0 radical (unpaired) electrons. The summed E-state index contributed by atoms with van der Waals surface area (Å²) < 4.78 is 5.09. The highest BCUT2D eigenvalue weighted by atomic mass is 16.5. The second-order valence-electron chi connectivity index (χ2n) is 7.84. The van der Waals surface area contributed by atoms with Gasteiger partial charge in [0.2, 0.25) is 17.7 Å². The fourth-order valence-corrected chi connectivity index (χ4v) is 3.42. The molecule has 1 aromatic carbocycles. The van der Waals surface area contributed by atoms with Crippen LogP contribution in [0.15, 0.2) is 24.3 Å². The zero-order valence-corrected chi connectivity index (χ0v) is 18.9. The van der Waals surface area contributed by atoms with Crippen LogP contribution in [0.2, 0.25) is 0 Å². The zero-order chi connectivity index (χ0) is 23.3. The molecule has 0 aliphatic carbocycles. The molecule has 1 aromatic rings. The Bertz CT molecular complexity index is 798. The van der Waals surface area contributed by atoms with Crippen LogP contribution in [0.5, 0.6) is 0 Å². The lowest BCUT2D eigenvalue weighted by molar-refractivity contribution is -0.148. The van der Waals surface area contributed by atoms with Gasteiger partial charge in [0.1, 0.15) is 6.04 Å². The molecule has 9 heteroatoms.